The quantitative estimate of drug-likeness (QED) is 0.409. The summed E-state index contributed by atoms with van der Waals surface area (Å²) in [5.41, 5.74) is -0.502. The molecule has 0 amide bonds. The van der Waals surface area contributed by atoms with Crippen LogP contribution >= 0.6 is 0 Å². The summed E-state index contributed by atoms with van der Waals surface area (Å²) in [6.45, 7) is 8.35. The number of hydrogen-bond donors (Lipinski definition) is 1. The molecule has 0 heterocycles. The lowest BCUT2D eigenvalue weighted by molar-refractivity contribution is 0.0442. The summed E-state index contributed by atoms with van der Waals surface area (Å²) in [4.78, 5) is 0. The molecular formula is C18H37FO. The minimum atomic E-state index is -0.604. The molecule has 2 heteroatoms. The van der Waals surface area contributed by atoms with Gasteiger partial charge in [0.15, 0.2) is 0 Å². The van der Waals surface area contributed by atoms with Crippen molar-refractivity contribution in [2.75, 3.05) is 0 Å². The van der Waals surface area contributed by atoms with E-state index < -0.39 is 11.8 Å². The Hall–Kier alpha value is -0.110. The van der Waals surface area contributed by atoms with Gasteiger partial charge >= 0.3 is 0 Å². The maximum Gasteiger partial charge on any atom is 0.100 e. The number of rotatable bonds is 13. The summed E-state index contributed by atoms with van der Waals surface area (Å²) in [7, 11) is 0. The van der Waals surface area contributed by atoms with Crippen LogP contribution in [-0.4, -0.2) is 16.9 Å². The number of aliphatic hydroxyl groups is 1. The summed E-state index contributed by atoms with van der Waals surface area (Å²) in [6.07, 6.45) is 10.3. The van der Waals surface area contributed by atoms with E-state index in [0.717, 1.165) is 57.8 Å². The van der Waals surface area contributed by atoms with Crippen molar-refractivity contribution in [2.45, 2.75) is 110 Å². The third kappa shape index (κ3) is 11.7. The minimum Gasteiger partial charge on any atom is -0.390 e. The monoisotopic (exact) mass is 288 g/mol. The fourth-order valence-corrected chi connectivity index (χ4v) is 2.65. The summed E-state index contributed by atoms with van der Waals surface area (Å²) in [5, 5.41) is 9.87. The predicted molar refractivity (Wildman–Crippen MR) is 86.8 cm³/mol. The van der Waals surface area contributed by atoms with E-state index in [4.69, 9.17) is 0 Å². The van der Waals surface area contributed by atoms with Gasteiger partial charge in [-0.3, -0.25) is 0 Å². The minimum absolute atomic E-state index is 0.502. The van der Waals surface area contributed by atoms with E-state index >= 15 is 0 Å². The zero-order valence-corrected chi connectivity index (χ0v) is 14.3. The van der Waals surface area contributed by atoms with E-state index in [2.05, 4.69) is 13.8 Å². The van der Waals surface area contributed by atoms with Crippen LogP contribution in [-0.2, 0) is 0 Å². The molecule has 1 N–H and O–H groups in total. The van der Waals surface area contributed by atoms with Crippen molar-refractivity contribution in [2.24, 2.45) is 5.92 Å². The zero-order chi connectivity index (χ0) is 15.4. The molecule has 0 unspecified atom stereocenters. The second-order valence-corrected chi connectivity index (χ2v) is 6.87. The number of alkyl halides is 1. The van der Waals surface area contributed by atoms with Crippen LogP contribution in [0.15, 0.2) is 0 Å². The van der Waals surface area contributed by atoms with E-state index in [1.165, 1.54) is 12.8 Å². The van der Waals surface area contributed by atoms with Crippen molar-refractivity contribution in [3.63, 3.8) is 0 Å². The van der Waals surface area contributed by atoms with Crippen LogP contribution < -0.4 is 0 Å². The van der Waals surface area contributed by atoms with Gasteiger partial charge in [0.05, 0.1) is 5.60 Å². The average Bonchev–Trinajstić information content (AvgIpc) is 2.40. The molecule has 0 aliphatic carbocycles. The largest absolute Gasteiger partial charge is 0.390 e. The van der Waals surface area contributed by atoms with Gasteiger partial charge in [0.25, 0.3) is 0 Å². The zero-order valence-electron chi connectivity index (χ0n) is 14.3. The molecule has 0 aliphatic heterocycles. The Morgan fingerprint density at radius 1 is 0.950 bits per heavy atom. The molecule has 0 aromatic rings. The van der Waals surface area contributed by atoms with Gasteiger partial charge in [0.2, 0.25) is 0 Å². The average molecular weight is 288 g/mol. The highest BCUT2D eigenvalue weighted by Gasteiger charge is 2.16. The maximum atomic E-state index is 13.7. The Morgan fingerprint density at radius 3 is 2.20 bits per heavy atom. The van der Waals surface area contributed by atoms with Crippen molar-refractivity contribution in [1.29, 1.82) is 0 Å². The molecule has 0 rings (SSSR count). The molecule has 0 saturated heterocycles. The molecule has 0 radical (unpaired) electrons. The van der Waals surface area contributed by atoms with E-state index in [-0.39, 0.29) is 0 Å². The van der Waals surface area contributed by atoms with Gasteiger partial charge in [-0.15, -0.1) is 0 Å². The molecule has 1 nitrogen and oxygen atoms in total. The molecular weight excluding hydrogens is 251 g/mol. The van der Waals surface area contributed by atoms with Gasteiger partial charge in [0, 0.05) is 0 Å². The highest BCUT2D eigenvalue weighted by atomic mass is 19.1. The Labute approximate surface area is 126 Å². The Morgan fingerprint density at radius 2 is 1.60 bits per heavy atom. The van der Waals surface area contributed by atoms with Gasteiger partial charge < -0.3 is 5.11 Å². The van der Waals surface area contributed by atoms with Crippen molar-refractivity contribution < 1.29 is 9.50 Å². The van der Waals surface area contributed by atoms with E-state index in [9.17, 15) is 9.50 Å². The lowest BCUT2D eigenvalue weighted by Gasteiger charge is -2.20. The van der Waals surface area contributed by atoms with Gasteiger partial charge in [-0.1, -0.05) is 59.3 Å². The molecule has 0 saturated carbocycles. The van der Waals surface area contributed by atoms with Crippen LogP contribution in [0.2, 0.25) is 0 Å². The normalized spacial score (nSPS) is 17.7. The van der Waals surface area contributed by atoms with Crippen LogP contribution in [0.5, 0.6) is 0 Å². The van der Waals surface area contributed by atoms with Gasteiger partial charge in [-0.25, -0.2) is 4.39 Å². The first kappa shape index (κ1) is 19.9. The van der Waals surface area contributed by atoms with Crippen molar-refractivity contribution in [3.8, 4) is 0 Å². The SMILES string of the molecule is CCC[C@H](C)CC[C@H](F)CCCCCC[C@](C)(O)CC. The Balaban J connectivity index is 3.42. The Kier molecular flexibility index (Phi) is 11.5. The van der Waals surface area contributed by atoms with E-state index in [1.54, 1.807) is 0 Å². The number of hydrogen-bond acceptors (Lipinski definition) is 1. The molecule has 0 spiro atoms. The molecule has 122 valence electrons. The predicted octanol–water partition coefficient (Wildman–Crippen LogP) is 6.04. The molecule has 0 aromatic carbocycles. The third-order valence-corrected chi connectivity index (χ3v) is 4.50. The molecule has 0 bridgehead atoms. The van der Waals surface area contributed by atoms with Crippen LogP contribution in [0.25, 0.3) is 0 Å². The standard InChI is InChI=1S/C18H37FO/c1-5-11-16(3)13-14-17(19)12-9-7-8-10-15-18(4,20)6-2/h16-17,20H,5-15H2,1-4H3/t16-,17+,18+/m0/s1. The van der Waals surface area contributed by atoms with Crippen molar-refractivity contribution >= 4 is 0 Å². The summed E-state index contributed by atoms with van der Waals surface area (Å²) in [5.74, 6) is 0.675. The third-order valence-electron chi connectivity index (χ3n) is 4.50. The first-order valence-corrected chi connectivity index (χ1v) is 8.77. The van der Waals surface area contributed by atoms with Gasteiger partial charge in [0.1, 0.15) is 6.17 Å². The first-order valence-electron chi connectivity index (χ1n) is 8.77. The second kappa shape index (κ2) is 11.5. The fraction of sp³-hybridized carbons (Fsp3) is 1.00. The van der Waals surface area contributed by atoms with Gasteiger partial charge in [-0.05, 0) is 44.9 Å². The summed E-state index contributed by atoms with van der Waals surface area (Å²) < 4.78 is 13.7. The smallest absolute Gasteiger partial charge is 0.100 e. The second-order valence-electron chi connectivity index (χ2n) is 6.87. The van der Waals surface area contributed by atoms with Crippen molar-refractivity contribution in [1.82, 2.24) is 0 Å². The lowest BCUT2D eigenvalue weighted by Crippen LogP contribution is -2.22. The van der Waals surface area contributed by atoms with Crippen LogP contribution in [0.1, 0.15) is 98.3 Å². The topological polar surface area (TPSA) is 20.2 Å². The van der Waals surface area contributed by atoms with E-state index in [0.29, 0.717) is 5.92 Å². The maximum absolute atomic E-state index is 13.7. The van der Waals surface area contributed by atoms with Gasteiger partial charge in [-0.2, -0.15) is 0 Å². The lowest BCUT2D eigenvalue weighted by atomic mass is 9.94. The molecule has 0 fully saturated rings. The molecule has 0 aromatic heterocycles. The summed E-state index contributed by atoms with van der Waals surface area (Å²) in [6, 6.07) is 0. The number of unbranched alkanes of at least 4 members (excludes halogenated alkanes) is 3. The van der Waals surface area contributed by atoms with E-state index in [1.807, 2.05) is 13.8 Å². The van der Waals surface area contributed by atoms with Crippen LogP contribution in [0, 0.1) is 5.92 Å². The Bertz CT molecular complexity index is 215. The van der Waals surface area contributed by atoms with Crippen molar-refractivity contribution in [3.05, 3.63) is 0 Å². The molecule has 20 heavy (non-hydrogen) atoms. The first-order chi connectivity index (χ1) is 9.41. The van der Waals surface area contributed by atoms with Crippen LogP contribution in [0.4, 0.5) is 4.39 Å². The molecule has 0 aliphatic rings. The highest BCUT2D eigenvalue weighted by Crippen LogP contribution is 2.21. The number of halogens is 1. The highest BCUT2D eigenvalue weighted by molar-refractivity contribution is 4.69. The summed E-state index contributed by atoms with van der Waals surface area (Å²) >= 11 is 0. The van der Waals surface area contributed by atoms with Crippen LogP contribution in [0.3, 0.4) is 0 Å². The molecule has 3 atom stereocenters. The fourth-order valence-electron chi connectivity index (χ4n) is 2.65.